The molecule has 0 spiro atoms. The molecule has 10 unspecified atom stereocenters. The maximum Gasteiger partial charge on any atom is 0.346 e. The van der Waals surface area contributed by atoms with Crippen molar-refractivity contribution in [2.45, 2.75) is 68.0 Å². The van der Waals surface area contributed by atoms with Gasteiger partial charge in [-0.05, 0) is 17.7 Å². The summed E-state index contributed by atoms with van der Waals surface area (Å²) in [6.45, 7) is -1.58. The van der Waals surface area contributed by atoms with E-state index >= 15 is 0 Å². The fourth-order valence-electron chi connectivity index (χ4n) is 4.28. The van der Waals surface area contributed by atoms with Gasteiger partial charge >= 0.3 is 5.97 Å². The van der Waals surface area contributed by atoms with Crippen molar-refractivity contribution in [3.63, 3.8) is 0 Å². The highest BCUT2D eigenvalue weighted by atomic mass is 16.7. The molecule has 2 fully saturated rings. The second kappa shape index (κ2) is 13.2. The van der Waals surface area contributed by atoms with Gasteiger partial charge in [0.1, 0.15) is 72.5 Å². The highest BCUT2D eigenvalue weighted by molar-refractivity contribution is 5.95. The minimum atomic E-state index is -1.79. The van der Waals surface area contributed by atoms with E-state index in [0.717, 1.165) is 0 Å². The first-order valence-corrected chi connectivity index (χ1v) is 12.4. The second-order valence-electron chi connectivity index (χ2n) is 9.32. The molecule has 4 rings (SSSR count). The molecule has 2 aliphatic rings. The zero-order chi connectivity index (χ0) is 29.0. The third kappa shape index (κ3) is 6.37. The molecule has 220 valence electrons. The molecule has 0 saturated carbocycles. The summed E-state index contributed by atoms with van der Waals surface area (Å²) >= 11 is 0. The lowest BCUT2D eigenvalue weighted by molar-refractivity contribution is -0.278. The van der Waals surface area contributed by atoms with Crippen LogP contribution in [0.2, 0.25) is 0 Å². The van der Waals surface area contributed by atoms with Crippen molar-refractivity contribution in [1.82, 2.24) is 0 Å². The Morgan fingerprint density at radius 3 is 1.57 bits per heavy atom. The van der Waals surface area contributed by atoms with Crippen molar-refractivity contribution < 1.29 is 69.3 Å². The molecule has 2 saturated heterocycles. The summed E-state index contributed by atoms with van der Waals surface area (Å²) in [4.78, 5) is 13.3. The van der Waals surface area contributed by atoms with E-state index in [2.05, 4.69) is 0 Å². The minimum Gasteiger partial charge on any atom is -0.461 e. The van der Waals surface area contributed by atoms with Crippen molar-refractivity contribution in [2.24, 2.45) is 0 Å². The molecule has 0 amide bonds. The monoisotopic (exact) mass is 568 g/mol. The number of aliphatic hydroxyl groups excluding tert-OH is 8. The third-order valence-corrected chi connectivity index (χ3v) is 6.59. The van der Waals surface area contributed by atoms with Crippen LogP contribution >= 0.6 is 0 Å². The highest BCUT2D eigenvalue weighted by Gasteiger charge is 2.47. The molecule has 40 heavy (non-hydrogen) atoms. The van der Waals surface area contributed by atoms with Crippen LogP contribution < -0.4 is 9.47 Å². The number of hydrogen-bond donors (Lipinski definition) is 8. The predicted octanol–water partition coefficient (Wildman–Crippen LogP) is -2.60. The number of carbonyl (C=O) groups excluding carboxylic acids is 1. The Morgan fingerprint density at radius 1 is 0.650 bits per heavy atom. The quantitative estimate of drug-likeness (QED) is 0.145. The van der Waals surface area contributed by atoms with E-state index in [-0.39, 0.29) is 23.7 Å². The number of hydrogen-bond acceptors (Lipinski definition) is 14. The van der Waals surface area contributed by atoms with E-state index in [1.54, 1.807) is 30.3 Å². The van der Waals surface area contributed by atoms with Crippen LogP contribution in [0, 0.1) is 0 Å². The molecule has 0 bridgehead atoms. The SMILES string of the molecule is O=C(OCc1ccccc1)c1c(OC2OC(CO)C(O)C(O)C2O)cccc1OC1OC(CO)C(O)C(O)C1O. The van der Waals surface area contributed by atoms with Crippen LogP contribution in [0.25, 0.3) is 0 Å². The van der Waals surface area contributed by atoms with Gasteiger partial charge in [-0.2, -0.15) is 0 Å². The van der Waals surface area contributed by atoms with Crippen LogP contribution in [0.1, 0.15) is 15.9 Å². The van der Waals surface area contributed by atoms with E-state index < -0.39 is 80.6 Å². The topological polar surface area (TPSA) is 225 Å². The largest absolute Gasteiger partial charge is 0.461 e. The predicted molar refractivity (Wildman–Crippen MR) is 131 cm³/mol. The van der Waals surface area contributed by atoms with E-state index in [9.17, 15) is 45.6 Å². The number of ether oxygens (including phenoxy) is 5. The van der Waals surface area contributed by atoms with E-state index in [4.69, 9.17) is 23.7 Å². The summed E-state index contributed by atoms with van der Waals surface area (Å²) in [5, 5.41) is 80.2. The van der Waals surface area contributed by atoms with Crippen molar-refractivity contribution in [2.75, 3.05) is 13.2 Å². The van der Waals surface area contributed by atoms with Crippen LogP contribution in [-0.2, 0) is 20.8 Å². The van der Waals surface area contributed by atoms with Crippen LogP contribution in [0.5, 0.6) is 11.5 Å². The molecule has 10 atom stereocenters. The van der Waals surface area contributed by atoms with Gasteiger partial charge in [0.05, 0.1) is 13.2 Å². The van der Waals surface area contributed by atoms with Gasteiger partial charge in [-0.1, -0.05) is 36.4 Å². The molecule has 2 aromatic carbocycles. The third-order valence-electron chi connectivity index (χ3n) is 6.59. The standard InChI is InChI=1S/C26H32O14/c27-9-15-18(29)20(31)22(33)25(39-15)37-13-7-4-8-14(17(13)24(35)36-11-12-5-2-1-3-6-12)38-26-23(34)21(32)19(30)16(10-28)40-26/h1-8,15-16,18-23,25-34H,9-11H2. The van der Waals surface area contributed by atoms with Gasteiger partial charge in [0.15, 0.2) is 0 Å². The zero-order valence-corrected chi connectivity index (χ0v) is 21.0. The first kappa shape index (κ1) is 30.1. The van der Waals surface area contributed by atoms with Crippen molar-refractivity contribution >= 4 is 5.97 Å². The Kier molecular flexibility index (Phi) is 9.91. The smallest absolute Gasteiger partial charge is 0.346 e. The molecule has 2 aliphatic heterocycles. The first-order chi connectivity index (χ1) is 19.2. The van der Waals surface area contributed by atoms with E-state index in [0.29, 0.717) is 5.56 Å². The molecule has 0 radical (unpaired) electrons. The minimum absolute atomic E-state index is 0.159. The van der Waals surface area contributed by atoms with E-state index in [1.807, 2.05) is 0 Å². The second-order valence-corrected chi connectivity index (χ2v) is 9.32. The Labute approximate surface area is 228 Å². The molecule has 8 N–H and O–H groups in total. The Balaban J connectivity index is 1.65. The zero-order valence-electron chi connectivity index (χ0n) is 21.0. The molecular weight excluding hydrogens is 536 g/mol. The normalized spacial score (nSPS) is 34.2. The van der Waals surface area contributed by atoms with Gasteiger partial charge in [-0.25, -0.2) is 4.79 Å². The number of carbonyl (C=O) groups is 1. The highest BCUT2D eigenvalue weighted by Crippen LogP contribution is 2.35. The summed E-state index contributed by atoms with van der Waals surface area (Å²) in [5.74, 6) is -1.53. The van der Waals surface area contributed by atoms with Crippen LogP contribution in [0.15, 0.2) is 48.5 Å². The molecule has 2 heterocycles. The first-order valence-electron chi connectivity index (χ1n) is 12.4. The summed E-state index contributed by atoms with van der Waals surface area (Å²) in [6.07, 6.45) is -16.3. The Hall–Kier alpha value is -2.89. The maximum atomic E-state index is 13.3. The molecule has 14 heteroatoms. The lowest BCUT2D eigenvalue weighted by Crippen LogP contribution is -2.60. The van der Waals surface area contributed by atoms with Gasteiger partial charge < -0.3 is 64.5 Å². The van der Waals surface area contributed by atoms with Gasteiger partial charge in [0, 0.05) is 0 Å². The summed E-state index contributed by atoms with van der Waals surface area (Å²) in [6, 6.07) is 12.7. The average molecular weight is 569 g/mol. The summed E-state index contributed by atoms with van der Waals surface area (Å²) in [7, 11) is 0. The Bertz CT molecular complexity index is 1060. The van der Waals surface area contributed by atoms with Crippen LogP contribution in [0.3, 0.4) is 0 Å². The molecule has 14 nitrogen and oxygen atoms in total. The average Bonchev–Trinajstić information content (AvgIpc) is 2.97. The maximum absolute atomic E-state index is 13.3. The number of aliphatic hydroxyl groups is 8. The molecular formula is C26H32O14. The molecule has 0 aromatic heterocycles. The fourth-order valence-corrected chi connectivity index (χ4v) is 4.28. The summed E-state index contributed by atoms with van der Waals surface area (Å²) in [5.41, 5.74) is 0.284. The lowest BCUT2D eigenvalue weighted by atomic mass is 9.99. The van der Waals surface area contributed by atoms with Gasteiger partial charge in [-0.15, -0.1) is 0 Å². The van der Waals surface area contributed by atoms with Crippen LogP contribution in [-0.4, -0.2) is 121 Å². The van der Waals surface area contributed by atoms with Crippen molar-refractivity contribution in [3.05, 3.63) is 59.7 Å². The van der Waals surface area contributed by atoms with Crippen molar-refractivity contribution in [3.8, 4) is 11.5 Å². The lowest BCUT2D eigenvalue weighted by Gasteiger charge is -2.40. The number of esters is 1. The fraction of sp³-hybridized carbons (Fsp3) is 0.500. The van der Waals surface area contributed by atoms with Crippen LogP contribution in [0.4, 0.5) is 0 Å². The van der Waals surface area contributed by atoms with Gasteiger partial charge in [0.25, 0.3) is 0 Å². The van der Waals surface area contributed by atoms with Gasteiger partial charge in [-0.3, -0.25) is 0 Å². The Morgan fingerprint density at radius 2 is 1.12 bits per heavy atom. The number of benzene rings is 2. The number of rotatable bonds is 9. The molecule has 2 aromatic rings. The van der Waals surface area contributed by atoms with Crippen molar-refractivity contribution in [1.29, 1.82) is 0 Å². The summed E-state index contributed by atoms with van der Waals surface area (Å²) < 4.78 is 27.6. The van der Waals surface area contributed by atoms with Gasteiger partial charge in [0.2, 0.25) is 12.6 Å². The van der Waals surface area contributed by atoms with E-state index in [1.165, 1.54) is 18.2 Å². The molecule has 0 aliphatic carbocycles.